The van der Waals surface area contributed by atoms with Gasteiger partial charge in [-0.1, -0.05) is 34.7 Å². The van der Waals surface area contributed by atoms with Gasteiger partial charge in [0.1, 0.15) is 23.7 Å². The van der Waals surface area contributed by atoms with Gasteiger partial charge in [-0.15, -0.1) is 0 Å². The summed E-state index contributed by atoms with van der Waals surface area (Å²) >= 11 is 13.7. The lowest BCUT2D eigenvalue weighted by Gasteiger charge is -2.12. The maximum atomic E-state index is 13.5. The van der Waals surface area contributed by atoms with Gasteiger partial charge in [0.25, 0.3) is 10.0 Å². The van der Waals surface area contributed by atoms with Crippen LogP contribution in [0.5, 0.6) is 0 Å². The van der Waals surface area contributed by atoms with Gasteiger partial charge in [-0.3, -0.25) is 9.52 Å². The highest BCUT2D eigenvalue weighted by molar-refractivity contribution is 8.01. The van der Waals surface area contributed by atoms with Gasteiger partial charge in [0, 0.05) is 28.9 Å². The van der Waals surface area contributed by atoms with Crippen molar-refractivity contribution < 1.29 is 17.6 Å². The van der Waals surface area contributed by atoms with Crippen molar-refractivity contribution in [3.8, 4) is 0 Å². The number of carbonyl (C=O) groups is 1. The Kier molecular flexibility index (Phi) is 8.20. The lowest BCUT2D eigenvalue weighted by Crippen LogP contribution is -2.20. The molecule has 0 amide bonds. The number of halogens is 2. The van der Waals surface area contributed by atoms with Crippen LogP contribution < -0.4 is 10.0 Å². The molecule has 0 atom stereocenters. The topological polar surface area (TPSA) is 119 Å². The van der Waals surface area contributed by atoms with Crippen LogP contribution in [-0.2, 0) is 20.7 Å². The molecule has 9 nitrogen and oxygen atoms in total. The zero-order valence-corrected chi connectivity index (χ0v) is 22.6. The van der Waals surface area contributed by atoms with Crippen LogP contribution in [0.25, 0.3) is 10.9 Å². The largest absolute Gasteiger partial charge is 0.340 e. The molecule has 36 heavy (non-hydrogen) atoms. The number of thioether (sulfide) groups is 1. The van der Waals surface area contributed by atoms with Crippen molar-refractivity contribution in [3.05, 3.63) is 57.5 Å². The molecule has 0 aliphatic rings. The second-order valence-electron chi connectivity index (χ2n) is 7.49. The number of nitrogens with zero attached hydrogens (tertiary/aromatic N) is 4. The van der Waals surface area contributed by atoms with Crippen LogP contribution in [0.2, 0.25) is 5.02 Å². The SMILES string of the molecule is CC(=O)CCSc1nn(CS(=O)(=O)Nc2ccc3ncnc(Nc4ccc(F)c(Cl)c4)c3c2)c(=S)s1. The minimum atomic E-state index is -3.87. The van der Waals surface area contributed by atoms with Crippen LogP contribution in [0.1, 0.15) is 13.3 Å². The summed E-state index contributed by atoms with van der Waals surface area (Å²) in [6, 6.07) is 8.96. The van der Waals surface area contributed by atoms with E-state index in [0.29, 0.717) is 42.9 Å². The predicted molar refractivity (Wildman–Crippen MR) is 144 cm³/mol. The molecular formula is C21H18ClFN6O3S4. The Balaban J connectivity index is 1.53. The van der Waals surface area contributed by atoms with Crippen LogP contribution in [0.15, 0.2) is 47.1 Å². The number of benzene rings is 2. The molecule has 0 bridgehead atoms. The zero-order valence-electron chi connectivity index (χ0n) is 18.6. The van der Waals surface area contributed by atoms with E-state index in [1.807, 2.05) is 0 Å². The van der Waals surface area contributed by atoms with Crippen LogP contribution in [-0.4, -0.2) is 39.7 Å². The molecule has 0 spiro atoms. The molecule has 188 valence electrons. The Morgan fingerprint density at radius 2 is 2.00 bits per heavy atom. The van der Waals surface area contributed by atoms with E-state index in [0.717, 1.165) is 0 Å². The summed E-state index contributed by atoms with van der Waals surface area (Å²) in [5.74, 6) is -0.0237. The maximum Gasteiger partial charge on any atom is 0.253 e. The van der Waals surface area contributed by atoms with Crippen LogP contribution in [0, 0.1) is 9.77 Å². The zero-order chi connectivity index (χ0) is 25.9. The summed E-state index contributed by atoms with van der Waals surface area (Å²) in [6.45, 7) is 1.51. The van der Waals surface area contributed by atoms with Gasteiger partial charge >= 0.3 is 0 Å². The first kappa shape index (κ1) is 26.4. The molecule has 2 aromatic carbocycles. The monoisotopic (exact) mass is 584 g/mol. The van der Waals surface area contributed by atoms with Gasteiger partial charge in [0.15, 0.2) is 14.2 Å². The minimum absolute atomic E-state index is 0.0483. The van der Waals surface area contributed by atoms with Gasteiger partial charge in [-0.05, 0) is 55.5 Å². The standard InChI is InChI=1S/C21H18ClFN6O3S4/c1-12(30)6-7-34-20-27-29(21(33)35-20)11-36(31,32)28-14-3-5-18-15(8-14)19(25-10-24-18)26-13-2-4-17(23)16(22)9-13/h2-5,8-10,28H,6-7,11H2,1H3,(H,24,25,26). The van der Waals surface area contributed by atoms with Gasteiger partial charge < -0.3 is 5.32 Å². The fraction of sp³-hybridized carbons (Fsp3) is 0.190. The second-order valence-corrected chi connectivity index (χ2v) is 12.6. The highest BCUT2D eigenvalue weighted by Crippen LogP contribution is 2.28. The summed E-state index contributed by atoms with van der Waals surface area (Å²) in [7, 11) is -3.87. The number of aromatic nitrogens is 4. The van der Waals surface area contributed by atoms with Crippen molar-refractivity contribution in [2.75, 3.05) is 15.8 Å². The number of hydrogen-bond donors (Lipinski definition) is 2. The summed E-state index contributed by atoms with van der Waals surface area (Å²) in [6.07, 6.45) is 1.75. The fourth-order valence-electron chi connectivity index (χ4n) is 3.01. The summed E-state index contributed by atoms with van der Waals surface area (Å²) < 4.78 is 43.9. The Labute approximate surface area is 224 Å². The third-order valence-corrected chi connectivity index (χ3v) is 8.51. The average Bonchev–Trinajstić information content (AvgIpc) is 3.14. The first-order valence-electron chi connectivity index (χ1n) is 10.3. The third kappa shape index (κ3) is 6.76. The molecule has 2 N–H and O–H groups in total. The second kappa shape index (κ2) is 11.2. The summed E-state index contributed by atoms with van der Waals surface area (Å²) in [4.78, 5) is 19.5. The molecule has 0 aliphatic carbocycles. The molecule has 2 aromatic heterocycles. The van der Waals surface area contributed by atoms with E-state index in [1.165, 1.54) is 59.2 Å². The molecule has 0 saturated heterocycles. The van der Waals surface area contributed by atoms with E-state index < -0.39 is 21.7 Å². The number of Topliss-reactive ketones (excluding diaryl/α,β-unsaturated/α-hetero) is 1. The van der Waals surface area contributed by atoms with E-state index in [9.17, 15) is 17.6 Å². The predicted octanol–water partition coefficient (Wildman–Crippen LogP) is 5.62. The van der Waals surface area contributed by atoms with Crippen molar-refractivity contribution in [1.29, 1.82) is 0 Å². The number of ketones is 1. The summed E-state index contributed by atoms with van der Waals surface area (Å²) in [5.41, 5.74) is 1.36. The molecule has 15 heteroatoms. The molecule has 4 rings (SSSR count). The molecule has 4 aromatic rings. The Hall–Kier alpha value is -2.65. The normalized spacial score (nSPS) is 11.5. The van der Waals surface area contributed by atoms with Gasteiger partial charge in [-0.25, -0.2) is 27.5 Å². The number of anilines is 3. The van der Waals surface area contributed by atoms with E-state index in [-0.39, 0.29) is 16.5 Å². The molecule has 0 saturated carbocycles. The smallest absolute Gasteiger partial charge is 0.253 e. The van der Waals surface area contributed by atoms with Crippen molar-refractivity contribution in [3.63, 3.8) is 0 Å². The van der Waals surface area contributed by atoms with E-state index in [2.05, 4.69) is 25.1 Å². The Bertz CT molecular complexity index is 1610. The number of hydrogen-bond acceptors (Lipinski definition) is 10. The molecular weight excluding hydrogens is 567 g/mol. The number of fused-ring (bicyclic) bond motifs is 1. The number of sulfonamides is 1. The minimum Gasteiger partial charge on any atom is -0.340 e. The van der Waals surface area contributed by atoms with Crippen LogP contribution in [0.3, 0.4) is 0 Å². The number of nitrogens with one attached hydrogen (secondary N) is 2. The Morgan fingerprint density at radius 3 is 2.75 bits per heavy atom. The lowest BCUT2D eigenvalue weighted by molar-refractivity contribution is -0.116. The quantitative estimate of drug-likeness (QED) is 0.181. The Morgan fingerprint density at radius 1 is 1.22 bits per heavy atom. The van der Waals surface area contributed by atoms with E-state index in [1.54, 1.807) is 18.2 Å². The summed E-state index contributed by atoms with van der Waals surface area (Å²) in [5, 5.41) is 7.79. The van der Waals surface area contributed by atoms with E-state index >= 15 is 0 Å². The lowest BCUT2D eigenvalue weighted by atomic mass is 10.2. The molecule has 0 unspecified atom stereocenters. The van der Waals surface area contributed by atoms with Gasteiger partial charge in [0.05, 0.1) is 10.5 Å². The van der Waals surface area contributed by atoms with Crippen molar-refractivity contribution in [2.24, 2.45) is 0 Å². The van der Waals surface area contributed by atoms with Crippen molar-refractivity contribution in [2.45, 2.75) is 23.6 Å². The van der Waals surface area contributed by atoms with Crippen molar-refractivity contribution >= 4 is 90.8 Å². The number of carbonyl (C=O) groups excluding carboxylic acids is 1. The van der Waals surface area contributed by atoms with Gasteiger partial charge in [-0.2, -0.15) is 5.10 Å². The molecule has 0 fully saturated rings. The van der Waals surface area contributed by atoms with Crippen LogP contribution in [0.4, 0.5) is 21.6 Å². The fourth-order valence-corrected chi connectivity index (χ4v) is 6.86. The van der Waals surface area contributed by atoms with Crippen molar-refractivity contribution in [1.82, 2.24) is 19.7 Å². The van der Waals surface area contributed by atoms with E-state index in [4.69, 9.17) is 23.8 Å². The van der Waals surface area contributed by atoms with Crippen LogP contribution >= 0.6 is 46.9 Å². The first-order valence-corrected chi connectivity index (χ1v) is 14.5. The highest BCUT2D eigenvalue weighted by Gasteiger charge is 2.16. The van der Waals surface area contributed by atoms with Gasteiger partial charge in [0.2, 0.25) is 0 Å². The third-order valence-electron chi connectivity index (χ3n) is 4.65. The first-order chi connectivity index (χ1) is 17.1. The molecule has 0 radical (unpaired) electrons. The highest BCUT2D eigenvalue weighted by atomic mass is 35.5. The number of rotatable bonds is 10. The molecule has 2 heterocycles. The average molecular weight is 585 g/mol. The maximum absolute atomic E-state index is 13.5. The molecule has 0 aliphatic heterocycles.